The lowest BCUT2D eigenvalue weighted by atomic mass is 10.1. The fraction of sp³-hybridized carbons (Fsp3) is 0.176. The number of nitrogens with zero attached hydrogens (tertiary/aromatic N) is 2. The lowest BCUT2D eigenvalue weighted by Crippen LogP contribution is -2.08. The zero-order chi connectivity index (χ0) is 18.0. The van der Waals surface area contributed by atoms with Crippen LogP contribution in [0.5, 0.6) is 0 Å². The molecule has 0 aliphatic rings. The molecule has 3 aromatic rings. The van der Waals surface area contributed by atoms with Crippen LogP contribution in [0.1, 0.15) is 17.4 Å². The number of hydrogen-bond donors (Lipinski definition) is 1. The summed E-state index contributed by atoms with van der Waals surface area (Å²) in [4.78, 5) is 9.49. The van der Waals surface area contributed by atoms with Gasteiger partial charge < -0.3 is 5.32 Å². The SMILES string of the molecule is CCc1sc(Nc2ccc(F)c(C(F)(F)F)c2)nc1-c1cccnc1. The van der Waals surface area contributed by atoms with E-state index in [0.29, 0.717) is 5.13 Å². The topological polar surface area (TPSA) is 37.8 Å². The predicted octanol–water partition coefficient (Wildman–Crippen LogP) is 5.67. The van der Waals surface area contributed by atoms with E-state index in [1.165, 1.54) is 17.4 Å². The van der Waals surface area contributed by atoms with Crippen molar-refractivity contribution in [1.82, 2.24) is 9.97 Å². The Bertz CT molecular complexity index is 875. The quantitative estimate of drug-likeness (QED) is 0.604. The number of rotatable bonds is 4. The first-order valence-corrected chi connectivity index (χ1v) is 8.24. The number of aryl methyl sites for hydroxylation is 1. The van der Waals surface area contributed by atoms with Crippen molar-refractivity contribution < 1.29 is 17.6 Å². The third-order valence-corrected chi connectivity index (χ3v) is 4.59. The van der Waals surface area contributed by atoms with Gasteiger partial charge in [0, 0.05) is 28.5 Å². The molecule has 0 atom stereocenters. The smallest absolute Gasteiger partial charge is 0.332 e. The van der Waals surface area contributed by atoms with Gasteiger partial charge in [0.1, 0.15) is 5.82 Å². The maximum Gasteiger partial charge on any atom is 0.419 e. The summed E-state index contributed by atoms with van der Waals surface area (Å²) in [7, 11) is 0. The van der Waals surface area contributed by atoms with Crippen molar-refractivity contribution in [1.29, 1.82) is 0 Å². The molecule has 0 fully saturated rings. The molecule has 0 unspecified atom stereocenters. The number of benzene rings is 1. The van der Waals surface area contributed by atoms with Gasteiger partial charge >= 0.3 is 6.18 Å². The Morgan fingerprint density at radius 1 is 1.20 bits per heavy atom. The van der Waals surface area contributed by atoms with Crippen LogP contribution in [0.3, 0.4) is 0 Å². The van der Waals surface area contributed by atoms with Gasteiger partial charge in [-0.3, -0.25) is 4.98 Å². The van der Waals surface area contributed by atoms with Crippen molar-refractivity contribution in [3.63, 3.8) is 0 Å². The third-order valence-electron chi connectivity index (χ3n) is 3.48. The zero-order valence-corrected chi connectivity index (χ0v) is 13.9. The molecule has 0 bridgehead atoms. The molecular formula is C17H13F4N3S. The highest BCUT2D eigenvalue weighted by Crippen LogP contribution is 2.36. The van der Waals surface area contributed by atoms with E-state index in [2.05, 4.69) is 15.3 Å². The molecule has 0 spiro atoms. The van der Waals surface area contributed by atoms with E-state index < -0.39 is 17.6 Å². The Morgan fingerprint density at radius 2 is 2.00 bits per heavy atom. The summed E-state index contributed by atoms with van der Waals surface area (Å²) in [6.45, 7) is 1.97. The number of halogens is 4. The Morgan fingerprint density at radius 3 is 2.64 bits per heavy atom. The van der Waals surface area contributed by atoms with Crippen molar-refractivity contribution in [3.8, 4) is 11.3 Å². The number of aromatic nitrogens is 2. The van der Waals surface area contributed by atoms with Crippen LogP contribution < -0.4 is 5.32 Å². The summed E-state index contributed by atoms with van der Waals surface area (Å²) in [6, 6.07) is 6.44. The zero-order valence-electron chi connectivity index (χ0n) is 13.1. The minimum atomic E-state index is -4.75. The van der Waals surface area contributed by atoms with Crippen LogP contribution in [0.15, 0.2) is 42.7 Å². The molecule has 1 aromatic carbocycles. The summed E-state index contributed by atoms with van der Waals surface area (Å²) in [5.41, 5.74) is 0.389. The average Bonchev–Trinajstić information content (AvgIpc) is 2.99. The van der Waals surface area contributed by atoms with Crippen LogP contribution >= 0.6 is 11.3 Å². The van der Waals surface area contributed by atoms with E-state index in [1.54, 1.807) is 18.5 Å². The van der Waals surface area contributed by atoms with Crippen molar-refractivity contribution in [2.45, 2.75) is 19.5 Å². The first-order valence-electron chi connectivity index (χ1n) is 7.42. The van der Waals surface area contributed by atoms with Crippen LogP contribution in [0.4, 0.5) is 28.4 Å². The number of anilines is 2. The number of nitrogens with one attached hydrogen (secondary N) is 1. The van der Waals surface area contributed by atoms with Gasteiger partial charge in [0.05, 0.1) is 11.3 Å². The first-order chi connectivity index (χ1) is 11.9. The molecule has 0 saturated heterocycles. The number of hydrogen-bond acceptors (Lipinski definition) is 4. The molecule has 1 N–H and O–H groups in total. The summed E-state index contributed by atoms with van der Waals surface area (Å²) in [5.74, 6) is -1.30. The van der Waals surface area contributed by atoms with Gasteiger partial charge in [-0.25, -0.2) is 9.37 Å². The molecule has 130 valence electrons. The Balaban J connectivity index is 1.93. The second-order valence-corrected chi connectivity index (χ2v) is 6.29. The lowest BCUT2D eigenvalue weighted by Gasteiger charge is -2.10. The molecule has 25 heavy (non-hydrogen) atoms. The summed E-state index contributed by atoms with van der Waals surface area (Å²) in [6.07, 6.45) is -0.698. The van der Waals surface area contributed by atoms with Crippen molar-refractivity contribution >= 4 is 22.2 Å². The molecule has 0 aliphatic carbocycles. The summed E-state index contributed by atoms with van der Waals surface area (Å²) < 4.78 is 51.9. The molecular weight excluding hydrogens is 354 g/mol. The van der Waals surface area contributed by atoms with Gasteiger partial charge in [-0.05, 0) is 36.8 Å². The largest absolute Gasteiger partial charge is 0.419 e. The van der Waals surface area contributed by atoms with Crippen molar-refractivity contribution in [2.24, 2.45) is 0 Å². The number of pyridine rings is 1. The molecule has 0 aliphatic heterocycles. The normalized spacial score (nSPS) is 11.6. The van der Waals surface area contributed by atoms with Gasteiger partial charge in [0.2, 0.25) is 0 Å². The molecule has 8 heteroatoms. The highest BCUT2D eigenvalue weighted by molar-refractivity contribution is 7.16. The molecule has 3 nitrogen and oxygen atoms in total. The van der Waals surface area contributed by atoms with E-state index >= 15 is 0 Å². The van der Waals surface area contributed by atoms with E-state index in [9.17, 15) is 17.6 Å². The standard InChI is InChI=1S/C17H13F4N3S/c1-2-14-15(10-4-3-7-22-9-10)24-16(25-14)23-11-5-6-13(18)12(8-11)17(19,20)21/h3-9H,2H2,1H3,(H,23,24). The minimum Gasteiger partial charge on any atom is -0.332 e. The fourth-order valence-electron chi connectivity index (χ4n) is 2.32. The third kappa shape index (κ3) is 3.79. The summed E-state index contributed by atoms with van der Waals surface area (Å²) in [5, 5.41) is 3.27. The van der Waals surface area contributed by atoms with E-state index in [-0.39, 0.29) is 5.69 Å². The molecule has 3 rings (SSSR count). The molecule has 0 amide bonds. The number of thiazole rings is 1. The van der Waals surface area contributed by atoms with E-state index in [0.717, 1.165) is 34.7 Å². The van der Waals surface area contributed by atoms with Crippen molar-refractivity contribution in [2.75, 3.05) is 5.32 Å². The maximum atomic E-state index is 13.4. The van der Waals surface area contributed by atoms with Crippen LogP contribution in [0.25, 0.3) is 11.3 Å². The first kappa shape index (κ1) is 17.3. The van der Waals surface area contributed by atoms with E-state index in [4.69, 9.17) is 0 Å². The summed E-state index contributed by atoms with van der Waals surface area (Å²) >= 11 is 1.34. The van der Waals surface area contributed by atoms with Crippen LogP contribution in [-0.2, 0) is 12.6 Å². The van der Waals surface area contributed by atoms with Crippen LogP contribution in [-0.4, -0.2) is 9.97 Å². The lowest BCUT2D eigenvalue weighted by molar-refractivity contribution is -0.139. The predicted molar refractivity (Wildman–Crippen MR) is 89.4 cm³/mol. The molecule has 0 saturated carbocycles. The highest BCUT2D eigenvalue weighted by Gasteiger charge is 2.34. The van der Waals surface area contributed by atoms with Gasteiger partial charge in [-0.2, -0.15) is 13.2 Å². The number of alkyl halides is 3. The minimum absolute atomic E-state index is 0.128. The Hall–Kier alpha value is -2.48. The fourth-order valence-corrected chi connectivity index (χ4v) is 3.26. The van der Waals surface area contributed by atoms with Crippen LogP contribution in [0, 0.1) is 5.82 Å². The maximum absolute atomic E-state index is 13.4. The van der Waals surface area contributed by atoms with Gasteiger partial charge in [-0.1, -0.05) is 6.92 Å². The average molecular weight is 367 g/mol. The highest BCUT2D eigenvalue weighted by atomic mass is 32.1. The Kier molecular flexibility index (Phi) is 4.71. The molecule has 2 aromatic heterocycles. The molecule has 2 heterocycles. The van der Waals surface area contributed by atoms with Gasteiger partial charge in [0.25, 0.3) is 0 Å². The molecule has 0 radical (unpaired) electrons. The monoisotopic (exact) mass is 367 g/mol. The Labute approximate surface area is 145 Å². The van der Waals surface area contributed by atoms with Gasteiger partial charge in [-0.15, -0.1) is 11.3 Å². The van der Waals surface area contributed by atoms with Gasteiger partial charge in [0.15, 0.2) is 5.13 Å². The second-order valence-electron chi connectivity index (χ2n) is 5.20. The van der Waals surface area contributed by atoms with Crippen LogP contribution in [0.2, 0.25) is 0 Å². The van der Waals surface area contributed by atoms with Crippen molar-refractivity contribution in [3.05, 3.63) is 59.0 Å². The van der Waals surface area contributed by atoms with E-state index in [1.807, 2.05) is 13.0 Å². The second kappa shape index (κ2) is 6.79.